The van der Waals surface area contributed by atoms with Crippen molar-refractivity contribution in [1.82, 2.24) is 9.97 Å². The SMILES string of the molecule is CC(Nc1cc(N)ncn1)c1ccc(Cl)cc1Cl. The molecule has 4 nitrogen and oxygen atoms in total. The summed E-state index contributed by atoms with van der Waals surface area (Å²) in [6.45, 7) is 1.98. The average Bonchev–Trinajstić information content (AvgIpc) is 2.28. The molecule has 0 radical (unpaired) electrons. The minimum atomic E-state index is -0.0101. The molecule has 2 aromatic rings. The lowest BCUT2D eigenvalue weighted by molar-refractivity contribution is 0.873. The molecule has 1 heterocycles. The van der Waals surface area contributed by atoms with Gasteiger partial charge in [-0.15, -0.1) is 0 Å². The summed E-state index contributed by atoms with van der Waals surface area (Å²) < 4.78 is 0. The molecule has 1 atom stereocenters. The quantitative estimate of drug-likeness (QED) is 0.904. The third-order valence-corrected chi connectivity index (χ3v) is 3.04. The Kier molecular flexibility index (Phi) is 3.89. The number of hydrogen-bond donors (Lipinski definition) is 2. The van der Waals surface area contributed by atoms with E-state index in [1.165, 1.54) is 6.33 Å². The Hall–Kier alpha value is -1.52. The highest BCUT2D eigenvalue weighted by Crippen LogP contribution is 2.28. The Bertz CT molecular complexity index is 560. The number of anilines is 2. The Morgan fingerprint density at radius 3 is 2.67 bits per heavy atom. The minimum Gasteiger partial charge on any atom is -0.384 e. The molecule has 0 saturated heterocycles. The summed E-state index contributed by atoms with van der Waals surface area (Å²) in [5, 5.41) is 4.43. The molecule has 0 aliphatic rings. The average molecular weight is 283 g/mol. The van der Waals surface area contributed by atoms with Gasteiger partial charge >= 0.3 is 0 Å². The van der Waals surface area contributed by atoms with Crippen LogP contribution >= 0.6 is 23.2 Å². The number of nitrogen functional groups attached to an aromatic ring is 1. The van der Waals surface area contributed by atoms with Crippen molar-refractivity contribution in [2.45, 2.75) is 13.0 Å². The maximum atomic E-state index is 6.14. The van der Waals surface area contributed by atoms with Crippen LogP contribution < -0.4 is 11.1 Å². The summed E-state index contributed by atoms with van der Waals surface area (Å²) in [5.74, 6) is 1.07. The van der Waals surface area contributed by atoms with Crippen LogP contribution in [-0.2, 0) is 0 Å². The number of nitrogens with one attached hydrogen (secondary N) is 1. The highest BCUT2D eigenvalue weighted by molar-refractivity contribution is 6.35. The van der Waals surface area contributed by atoms with E-state index in [0.29, 0.717) is 21.7 Å². The van der Waals surface area contributed by atoms with Crippen LogP contribution in [-0.4, -0.2) is 9.97 Å². The van der Waals surface area contributed by atoms with E-state index in [1.807, 2.05) is 13.0 Å². The molecule has 18 heavy (non-hydrogen) atoms. The number of aromatic nitrogens is 2. The normalized spacial score (nSPS) is 12.2. The summed E-state index contributed by atoms with van der Waals surface area (Å²) in [6, 6.07) is 7.05. The van der Waals surface area contributed by atoms with Gasteiger partial charge in [-0.2, -0.15) is 0 Å². The maximum absolute atomic E-state index is 6.14. The van der Waals surface area contributed by atoms with E-state index in [4.69, 9.17) is 28.9 Å². The number of nitrogens with two attached hydrogens (primary N) is 1. The lowest BCUT2D eigenvalue weighted by Crippen LogP contribution is -2.09. The Morgan fingerprint density at radius 2 is 2.00 bits per heavy atom. The predicted octanol–water partition coefficient (Wildman–Crippen LogP) is 3.54. The molecule has 0 amide bonds. The molecular formula is C12H12Cl2N4. The minimum absolute atomic E-state index is 0.0101. The first-order chi connectivity index (χ1) is 8.56. The second-order valence-electron chi connectivity index (χ2n) is 3.86. The summed E-state index contributed by atoms with van der Waals surface area (Å²) in [6.07, 6.45) is 1.41. The van der Waals surface area contributed by atoms with Crippen LogP contribution in [0.2, 0.25) is 10.0 Å². The van der Waals surface area contributed by atoms with Crippen molar-refractivity contribution in [1.29, 1.82) is 0 Å². The second-order valence-corrected chi connectivity index (χ2v) is 4.70. The van der Waals surface area contributed by atoms with Crippen LogP contribution in [0.5, 0.6) is 0 Å². The standard InChI is InChI=1S/C12H12Cl2N4/c1-7(9-3-2-8(13)4-10(9)14)18-12-5-11(15)16-6-17-12/h2-7H,1H3,(H3,15,16,17,18). The van der Waals surface area contributed by atoms with Crippen molar-refractivity contribution >= 4 is 34.8 Å². The van der Waals surface area contributed by atoms with E-state index >= 15 is 0 Å². The van der Waals surface area contributed by atoms with Crippen LogP contribution in [0.3, 0.4) is 0 Å². The van der Waals surface area contributed by atoms with Gasteiger partial charge in [0.25, 0.3) is 0 Å². The lowest BCUT2D eigenvalue weighted by atomic mass is 10.1. The number of nitrogens with zero attached hydrogens (tertiary/aromatic N) is 2. The molecule has 0 aliphatic carbocycles. The first-order valence-corrected chi connectivity index (χ1v) is 6.11. The molecule has 3 N–H and O–H groups in total. The molecule has 1 aromatic heterocycles. The molecule has 94 valence electrons. The third kappa shape index (κ3) is 3.03. The molecular weight excluding hydrogens is 271 g/mol. The van der Waals surface area contributed by atoms with Gasteiger partial charge in [0.15, 0.2) is 0 Å². The maximum Gasteiger partial charge on any atom is 0.131 e. The topological polar surface area (TPSA) is 63.8 Å². The monoisotopic (exact) mass is 282 g/mol. The van der Waals surface area contributed by atoms with E-state index < -0.39 is 0 Å². The summed E-state index contributed by atoms with van der Waals surface area (Å²) in [4.78, 5) is 7.91. The zero-order chi connectivity index (χ0) is 13.1. The fourth-order valence-electron chi connectivity index (χ4n) is 1.60. The van der Waals surface area contributed by atoms with Gasteiger partial charge in [0, 0.05) is 16.1 Å². The van der Waals surface area contributed by atoms with E-state index in [-0.39, 0.29) is 6.04 Å². The second kappa shape index (κ2) is 5.42. The van der Waals surface area contributed by atoms with Gasteiger partial charge in [-0.1, -0.05) is 29.3 Å². The number of hydrogen-bond acceptors (Lipinski definition) is 4. The van der Waals surface area contributed by atoms with Crippen molar-refractivity contribution in [3.8, 4) is 0 Å². The molecule has 0 bridgehead atoms. The highest BCUT2D eigenvalue weighted by Gasteiger charge is 2.10. The highest BCUT2D eigenvalue weighted by atomic mass is 35.5. The largest absolute Gasteiger partial charge is 0.384 e. The summed E-state index contributed by atoms with van der Waals surface area (Å²) >= 11 is 12.0. The first-order valence-electron chi connectivity index (χ1n) is 5.35. The van der Waals surface area contributed by atoms with Crippen molar-refractivity contribution in [2.75, 3.05) is 11.1 Å². The molecule has 1 aromatic carbocycles. The zero-order valence-electron chi connectivity index (χ0n) is 9.69. The number of benzene rings is 1. The third-order valence-electron chi connectivity index (χ3n) is 2.48. The first kappa shape index (κ1) is 12.9. The predicted molar refractivity (Wildman–Crippen MR) is 74.9 cm³/mol. The molecule has 0 aliphatic heterocycles. The van der Waals surface area contributed by atoms with Gasteiger partial charge in [0.05, 0.1) is 6.04 Å². The van der Waals surface area contributed by atoms with Crippen molar-refractivity contribution in [3.63, 3.8) is 0 Å². The molecule has 0 fully saturated rings. The molecule has 6 heteroatoms. The smallest absolute Gasteiger partial charge is 0.131 e. The number of halogens is 2. The van der Waals surface area contributed by atoms with Gasteiger partial charge < -0.3 is 11.1 Å². The molecule has 0 saturated carbocycles. The summed E-state index contributed by atoms with van der Waals surface area (Å²) in [7, 11) is 0. The van der Waals surface area contributed by atoms with Gasteiger partial charge in [-0.05, 0) is 24.6 Å². The van der Waals surface area contributed by atoms with Crippen LogP contribution in [0.1, 0.15) is 18.5 Å². The lowest BCUT2D eigenvalue weighted by Gasteiger charge is -2.16. The van der Waals surface area contributed by atoms with E-state index in [0.717, 1.165) is 5.56 Å². The van der Waals surface area contributed by atoms with Gasteiger partial charge in [-0.3, -0.25) is 0 Å². The Labute approximate surface area is 115 Å². The van der Waals surface area contributed by atoms with Crippen LogP contribution in [0.15, 0.2) is 30.6 Å². The van der Waals surface area contributed by atoms with Crippen molar-refractivity contribution < 1.29 is 0 Å². The molecule has 1 unspecified atom stereocenters. The molecule has 2 rings (SSSR count). The van der Waals surface area contributed by atoms with Crippen LogP contribution in [0, 0.1) is 0 Å². The van der Waals surface area contributed by atoms with Gasteiger partial charge in [0.2, 0.25) is 0 Å². The van der Waals surface area contributed by atoms with Gasteiger partial charge in [-0.25, -0.2) is 9.97 Å². The Balaban J connectivity index is 2.19. The fraction of sp³-hybridized carbons (Fsp3) is 0.167. The van der Waals surface area contributed by atoms with Gasteiger partial charge in [0.1, 0.15) is 18.0 Å². The molecule has 0 spiro atoms. The number of rotatable bonds is 3. The zero-order valence-corrected chi connectivity index (χ0v) is 11.2. The summed E-state index contributed by atoms with van der Waals surface area (Å²) in [5.41, 5.74) is 6.53. The van der Waals surface area contributed by atoms with Crippen LogP contribution in [0.25, 0.3) is 0 Å². The fourth-order valence-corrected chi connectivity index (χ4v) is 2.18. The van der Waals surface area contributed by atoms with E-state index in [1.54, 1.807) is 18.2 Å². The van der Waals surface area contributed by atoms with E-state index in [2.05, 4.69) is 15.3 Å². The van der Waals surface area contributed by atoms with Crippen molar-refractivity contribution in [2.24, 2.45) is 0 Å². The Morgan fingerprint density at radius 1 is 1.22 bits per heavy atom. The van der Waals surface area contributed by atoms with E-state index in [9.17, 15) is 0 Å². The van der Waals surface area contributed by atoms with Crippen molar-refractivity contribution in [3.05, 3.63) is 46.2 Å². The van der Waals surface area contributed by atoms with Crippen LogP contribution in [0.4, 0.5) is 11.6 Å².